The summed E-state index contributed by atoms with van der Waals surface area (Å²) >= 11 is 1.59. The first kappa shape index (κ1) is 16.6. The number of H-pyrrole nitrogens is 1. The van der Waals surface area contributed by atoms with Crippen LogP contribution in [0.5, 0.6) is 0 Å². The second-order valence-electron chi connectivity index (χ2n) is 5.96. The van der Waals surface area contributed by atoms with Gasteiger partial charge in [-0.2, -0.15) is 4.68 Å². The molecular weight excluding hydrogens is 348 g/mol. The van der Waals surface area contributed by atoms with Crippen LogP contribution in [0.1, 0.15) is 12.0 Å². The van der Waals surface area contributed by atoms with Crippen LogP contribution < -0.4 is 5.69 Å². The van der Waals surface area contributed by atoms with Gasteiger partial charge in [-0.15, -0.1) is 5.10 Å². The number of rotatable bonds is 6. The van der Waals surface area contributed by atoms with Crippen molar-refractivity contribution in [2.45, 2.75) is 25.0 Å². The molecular formula is C18H18N6OS. The highest BCUT2D eigenvalue weighted by Gasteiger charge is 2.11. The molecule has 2 aromatic heterocycles. The molecule has 0 amide bonds. The standard InChI is InChI=1S/C18H18N6OS/c1-13-7-2-4-9-15(13)24-18(20-21-22-24)26-12-6-11-23-16-10-5-3-8-14(16)19-17(23)25/h2-5,7-10H,6,11-12H2,1H3,(H,19,25). The lowest BCUT2D eigenvalue weighted by molar-refractivity contribution is 0.678. The molecule has 2 aromatic carbocycles. The van der Waals surface area contributed by atoms with Gasteiger partial charge in [0.25, 0.3) is 0 Å². The van der Waals surface area contributed by atoms with E-state index >= 15 is 0 Å². The van der Waals surface area contributed by atoms with Crippen LogP contribution in [-0.4, -0.2) is 35.5 Å². The number of tetrazole rings is 1. The maximum atomic E-state index is 12.1. The van der Waals surface area contributed by atoms with Gasteiger partial charge in [-0.3, -0.25) is 4.57 Å². The molecule has 0 atom stereocenters. The van der Waals surface area contributed by atoms with E-state index in [1.165, 1.54) is 0 Å². The average molecular weight is 366 g/mol. The smallest absolute Gasteiger partial charge is 0.306 e. The molecule has 0 aliphatic rings. The van der Waals surface area contributed by atoms with Crippen LogP contribution in [-0.2, 0) is 6.54 Å². The van der Waals surface area contributed by atoms with Crippen molar-refractivity contribution in [3.63, 3.8) is 0 Å². The second-order valence-corrected chi connectivity index (χ2v) is 7.02. The normalized spacial score (nSPS) is 11.3. The Kier molecular flexibility index (Phi) is 4.57. The summed E-state index contributed by atoms with van der Waals surface area (Å²) < 4.78 is 3.54. The SMILES string of the molecule is Cc1ccccc1-n1nnnc1SCCCn1c(=O)[nH]c2ccccc21. The number of fused-ring (bicyclic) bond motifs is 1. The molecule has 132 valence electrons. The topological polar surface area (TPSA) is 81.4 Å². The first-order valence-electron chi connectivity index (χ1n) is 8.39. The summed E-state index contributed by atoms with van der Waals surface area (Å²) in [4.78, 5) is 15.0. The molecule has 4 aromatic rings. The Labute approximate surface area is 154 Å². The minimum absolute atomic E-state index is 0.0686. The number of thioether (sulfide) groups is 1. The summed E-state index contributed by atoms with van der Waals surface area (Å²) in [6.07, 6.45) is 0.840. The maximum Gasteiger partial charge on any atom is 0.326 e. The number of para-hydroxylation sites is 3. The lowest BCUT2D eigenvalue weighted by Crippen LogP contribution is -2.17. The molecule has 2 heterocycles. The Balaban J connectivity index is 1.43. The molecule has 0 unspecified atom stereocenters. The number of hydrogen-bond donors (Lipinski definition) is 1. The number of nitrogens with zero attached hydrogens (tertiary/aromatic N) is 5. The average Bonchev–Trinajstić information content (AvgIpc) is 3.23. The van der Waals surface area contributed by atoms with Crippen molar-refractivity contribution in [2.75, 3.05) is 5.75 Å². The van der Waals surface area contributed by atoms with Crippen LogP contribution in [0.25, 0.3) is 16.7 Å². The van der Waals surface area contributed by atoms with Crippen molar-refractivity contribution in [3.8, 4) is 5.69 Å². The Morgan fingerprint density at radius 2 is 1.92 bits per heavy atom. The molecule has 0 aliphatic carbocycles. The summed E-state index contributed by atoms with van der Waals surface area (Å²) in [5.41, 5.74) is 3.83. The second kappa shape index (κ2) is 7.17. The van der Waals surface area contributed by atoms with E-state index < -0.39 is 0 Å². The Morgan fingerprint density at radius 3 is 2.81 bits per heavy atom. The molecule has 0 spiro atoms. The molecule has 8 heteroatoms. The number of imidazole rings is 1. The van der Waals surface area contributed by atoms with Gasteiger partial charge in [-0.1, -0.05) is 42.1 Å². The van der Waals surface area contributed by atoms with Crippen LogP contribution >= 0.6 is 11.8 Å². The van der Waals surface area contributed by atoms with Gasteiger partial charge in [0.1, 0.15) is 0 Å². The first-order valence-corrected chi connectivity index (χ1v) is 9.37. The largest absolute Gasteiger partial charge is 0.326 e. The van der Waals surface area contributed by atoms with Gasteiger partial charge in [0.15, 0.2) is 0 Å². The third-order valence-corrected chi connectivity index (χ3v) is 5.23. The van der Waals surface area contributed by atoms with Crippen molar-refractivity contribution >= 4 is 22.8 Å². The number of aryl methyl sites for hydroxylation is 2. The fourth-order valence-electron chi connectivity index (χ4n) is 2.94. The van der Waals surface area contributed by atoms with Crippen molar-refractivity contribution in [1.29, 1.82) is 0 Å². The third-order valence-electron chi connectivity index (χ3n) is 4.22. The zero-order chi connectivity index (χ0) is 17.9. The minimum atomic E-state index is -0.0686. The molecule has 0 radical (unpaired) electrons. The predicted octanol–water partition coefficient (Wildman–Crippen LogP) is 2.80. The molecule has 0 bridgehead atoms. The molecule has 0 saturated heterocycles. The van der Waals surface area contributed by atoms with Gasteiger partial charge in [0.05, 0.1) is 16.7 Å². The van der Waals surface area contributed by atoms with Gasteiger partial charge in [0, 0.05) is 12.3 Å². The first-order chi connectivity index (χ1) is 12.7. The number of nitrogens with one attached hydrogen (secondary N) is 1. The molecule has 7 nitrogen and oxygen atoms in total. The fraction of sp³-hybridized carbons (Fsp3) is 0.222. The Hall–Kier alpha value is -2.87. The van der Waals surface area contributed by atoms with Gasteiger partial charge in [-0.25, -0.2) is 4.79 Å². The van der Waals surface area contributed by atoms with Crippen LogP contribution in [0, 0.1) is 6.92 Å². The van der Waals surface area contributed by atoms with Gasteiger partial charge in [0.2, 0.25) is 5.16 Å². The molecule has 0 saturated carbocycles. The Morgan fingerprint density at radius 1 is 1.12 bits per heavy atom. The van der Waals surface area contributed by atoms with Gasteiger partial charge in [-0.05, 0) is 47.5 Å². The lowest BCUT2D eigenvalue weighted by atomic mass is 10.2. The van der Waals surface area contributed by atoms with E-state index in [1.54, 1.807) is 21.0 Å². The summed E-state index contributed by atoms with van der Waals surface area (Å²) in [6.45, 7) is 2.69. The predicted molar refractivity (Wildman–Crippen MR) is 102 cm³/mol. The quantitative estimate of drug-likeness (QED) is 0.419. The lowest BCUT2D eigenvalue weighted by Gasteiger charge is -2.07. The molecule has 26 heavy (non-hydrogen) atoms. The molecule has 1 N–H and O–H groups in total. The van der Waals surface area contributed by atoms with Crippen molar-refractivity contribution in [2.24, 2.45) is 0 Å². The van der Waals surface area contributed by atoms with Crippen molar-refractivity contribution in [1.82, 2.24) is 29.8 Å². The van der Waals surface area contributed by atoms with Crippen LogP contribution in [0.15, 0.2) is 58.5 Å². The number of hydrogen-bond acceptors (Lipinski definition) is 5. The van der Waals surface area contributed by atoms with E-state index in [4.69, 9.17) is 0 Å². The van der Waals surface area contributed by atoms with Crippen LogP contribution in [0.3, 0.4) is 0 Å². The minimum Gasteiger partial charge on any atom is -0.306 e. The van der Waals surface area contributed by atoms with Crippen molar-refractivity contribution < 1.29 is 0 Å². The van der Waals surface area contributed by atoms with Crippen LogP contribution in [0.2, 0.25) is 0 Å². The fourth-order valence-corrected chi connectivity index (χ4v) is 3.74. The maximum absolute atomic E-state index is 12.1. The van der Waals surface area contributed by atoms with Crippen LogP contribution in [0.4, 0.5) is 0 Å². The summed E-state index contributed by atoms with van der Waals surface area (Å²) in [7, 11) is 0. The molecule has 4 rings (SSSR count). The zero-order valence-electron chi connectivity index (χ0n) is 14.3. The Bertz CT molecular complexity index is 1100. The number of aromatic amines is 1. The van der Waals surface area contributed by atoms with Gasteiger partial charge < -0.3 is 4.98 Å². The third kappa shape index (κ3) is 3.15. The zero-order valence-corrected chi connectivity index (χ0v) is 15.1. The van der Waals surface area contributed by atoms with E-state index in [-0.39, 0.29) is 5.69 Å². The number of aromatic nitrogens is 6. The summed E-state index contributed by atoms with van der Waals surface area (Å²) in [5.74, 6) is 0.818. The number of benzene rings is 2. The van der Waals surface area contributed by atoms with E-state index in [0.29, 0.717) is 6.54 Å². The molecule has 0 fully saturated rings. The summed E-state index contributed by atoms with van der Waals surface area (Å²) in [6, 6.07) is 15.7. The monoisotopic (exact) mass is 366 g/mol. The highest BCUT2D eigenvalue weighted by molar-refractivity contribution is 7.99. The molecule has 0 aliphatic heterocycles. The highest BCUT2D eigenvalue weighted by Crippen LogP contribution is 2.21. The van der Waals surface area contributed by atoms with E-state index in [1.807, 2.05) is 55.5 Å². The highest BCUT2D eigenvalue weighted by atomic mass is 32.2. The van der Waals surface area contributed by atoms with Gasteiger partial charge >= 0.3 is 5.69 Å². The van der Waals surface area contributed by atoms with E-state index in [2.05, 4.69) is 20.5 Å². The van der Waals surface area contributed by atoms with E-state index in [0.717, 1.165) is 39.6 Å². The van der Waals surface area contributed by atoms with Crippen molar-refractivity contribution in [3.05, 3.63) is 64.6 Å². The van der Waals surface area contributed by atoms with E-state index in [9.17, 15) is 4.79 Å². The summed E-state index contributed by atoms with van der Waals surface area (Å²) in [5, 5.41) is 12.8.